The molecule has 19 heavy (non-hydrogen) atoms. The van der Waals surface area contributed by atoms with E-state index >= 15 is 0 Å². The molecule has 0 radical (unpaired) electrons. The van der Waals surface area contributed by atoms with Crippen LogP contribution in [0.25, 0.3) is 0 Å². The van der Waals surface area contributed by atoms with Gasteiger partial charge in [0.1, 0.15) is 11.2 Å². The van der Waals surface area contributed by atoms with E-state index in [2.05, 4.69) is 28.7 Å². The Hall–Kier alpha value is -1.67. The fourth-order valence-electron chi connectivity index (χ4n) is 2.69. The fraction of sp³-hybridized carbons (Fsp3) is 0.429. The van der Waals surface area contributed by atoms with E-state index < -0.39 is 11.3 Å². The molecule has 1 unspecified atom stereocenters. The van der Waals surface area contributed by atoms with Gasteiger partial charge in [-0.3, -0.25) is 14.8 Å². The van der Waals surface area contributed by atoms with Crippen LogP contribution in [0.15, 0.2) is 29.5 Å². The van der Waals surface area contributed by atoms with Gasteiger partial charge >= 0.3 is 0 Å². The highest BCUT2D eigenvalue weighted by Gasteiger charge is 2.42. The van der Waals surface area contributed by atoms with Crippen LogP contribution < -0.4 is 0 Å². The van der Waals surface area contributed by atoms with E-state index in [9.17, 15) is 10.1 Å². The summed E-state index contributed by atoms with van der Waals surface area (Å²) in [4.78, 5) is 20.3. The largest absolute Gasteiger partial charge is 0.299 e. The van der Waals surface area contributed by atoms with Crippen molar-refractivity contribution in [2.45, 2.75) is 25.1 Å². The number of Topliss-reactive ketones (excluding diaryl/α,β-unsaturated/α-hetero) is 1. The molecule has 1 aromatic heterocycles. The zero-order valence-electron chi connectivity index (χ0n) is 10.8. The zero-order valence-corrected chi connectivity index (χ0v) is 11.7. The van der Waals surface area contributed by atoms with Crippen LogP contribution in [0.2, 0.25) is 0 Å². The summed E-state index contributed by atoms with van der Waals surface area (Å²) in [5.41, 5.74) is 1.63. The van der Waals surface area contributed by atoms with Gasteiger partial charge in [-0.1, -0.05) is 6.07 Å². The number of pyridine rings is 1. The number of rotatable bonds is 2. The molecule has 0 saturated heterocycles. The summed E-state index contributed by atoms with van der Waals surface area (Å²) < 4.78 is 0. The van der Waals surface area contributed by atoms with E-state index in [1.165, 1.54) is 0 Å². The van der Waals surface area contributed by atoms with Gasteiger partial charge in [0.05, 0.1) is 17.9 Å². The molecule has 4 nitrogen and oxygen atoms in total. The molecule has 2 rings (SSSR count). The third kappa shape index (κ3) is 2.54. The highest BCUT2D eigenvalue weighted by Crippen LogP contribution is 2.40. The molecule has 5 heteroatoms. The van der Waals surface area contributed by atoms with Crippen molar-refractivity contribution >= 4 is 24.1 Å². The lowest BCUT2D eigenvalue weighted by Crippen LogP contribution is -2.39. The second-order valence-electron chi connectivity index (χ2n) is 4.74. The maximum atomic E-state index is 11.9. The van der Waals surface area contributed by atoms with Crippen molar-refractivity contribution in [3.63, 3.8) is 0 Å². The number of carbonyl (C=O) groups is 1. The number of ketones is 1. The maximum Gasteiger partial charge on any atom is 0.139 e. The normalized spacial score (nSPS) is 30.3. The Balaban J connectivity index is 2.54. The molecule has 4 atom stereocenters. The van der Waals surface area contributed by atoms with Gasteiger partial charge in [0, 0.05) is 24.0 Å². The van der Waals surface area contributed by atoms with Gasteiger partial charge in [-0.25, -0.2) is 0 Å². The summed E-state index contributed by atoms with van der Waals surface area (Å²) in [6, 6.07) is 5.96. The molecule has 1 aromatic rings. The Bertz CT molecular complexity index is 550. The third-order valence-corrected chi connectivity index (χ3v) is 3.95. The number of aliphatic imine (C=N–C) groups is 1. The lowest BCUT2D eigenvalue weighted by Gasteiger charge is -2.35. The first-order valence-corrected chi connectivity index (χ1v) is 6.60. The highest BCUT2D eigenvalue weighted by molar-refractivity contribution is 7.81. The molecule has 0 spiro atoms. The Morgan fingerprint density at radius 1 is 1.53 bits per heavy atom. The highest BCUT2D eigenvalue weighted by atomic mass is 32.1. The van der Waals surface area contributed by atoms with E-state index in [4.69, 9.17) is 0 Å². The van der Waals surface area contributed by atoms with Crippen molar-refractivity contribution in [1.82, 2.24) is 4.98 Å². The fourth-order valence-corrected chi connectivity index (χ4v) is 3.12. The molecule has 0 bridgehead atoms. The minimum Gasteiger partial charge on any atom is -0.299 e. The van der Waals surface area contributed by atoms with E-state index in [1.807, 2.05) is 19.1 Å². The number of hydrogen-bond acceptors (Lipinski definition) is 5. The van der Waals surface area contributed by atoms with Crippen LogP contribution in [0.1, 0.15) is 25.3 Å². The van der Waals surface area contributed by atoms with Crippen LogP contribution >= 0.6 is 12.6 Å². The quantitative estimate of drug-likeness (QED) is 0.840. The second kappa shape index (κ2) is 5.54. The molecule has 0 fully saturated rings. The smallest absolute Gasteiger partial charge is 0.139 e. The number of carbonyl (C=O) groups excluding carboxylic acids is 1. The first kappa shape index (κ1) is 13.8. The lowest BCUT2D eigenvalue weighted by molar-refractivity contribution is -0.119. The molecule has 0 aliphatic carbocycles. The van der Waals surface area contributed by atoms with Crippen LogP contribution in [-0.4, -0.2) is 21.9 Å². The second-order valence-corrected chi connectivity index (χ2v) is 5.27. The minimum atomic E-state index is -0.426. The van der Waals surface area contributed by atoms with Crippen LogP contribution in [-0.2, 0) is 4.79 Å². The van der Waals surface area contributed by atoms with Crippen molar-refractivity contribution in [3.8, 4) is 6.07 Å². The predicted octanol–water partition coefficient (Wildman–Crippen LogP) is 2.24. The summed E-state index contributed by atoms with van der Waals surface area (Å²) in [5, 5.41) is 8.98. The van der Waals surface area contributed by atoms with Crippen molar-refractivity contribution < 1.29 is 4.79 Å². The Morgan fingerprint density at radius 2 is 2.26 bits per heavy atom. The molecule has 2 heterocycles. The average molecular weight is 273 g/mol. The van der Waals surface area contributed by atoms with Gasteiger partial charge in [0.2, 0.25) is 0 Å². The lowest BCUT2D eigenvalue weighted by atomic mass is 9.72. The molecule has 1 aliphatic rings. The minimum absolute atomic E-state index is 0.0237. The SMILES string of the molecule is CC(=O)C1C(C)=N[C@@H](S)[C@H](C#N)[C@H]1c1cccnc1. The van der Waals surface area contributed by atoms with Gasteiger partial charge in [-0.2, -0.15) is 17.9 Å². The van der Waals surface area contributed by atoms with Crippen LogP contribution in [0.5, 0.6) is 0 Å². The molecule has 98 valence electrons. The third-order valence-electron chi connectivity index (χ3n) is 3.51. The van der Waals surface area contributed by atoms with Gasteiger partial charge in [0.25, 0.3) is 0 Å². The monoisotopic (exact) mass is 273 g/mol. The van der Waals surface area contributed by atoms with Crippen molar-refractivity contribution in [2.24, 2.45) is 16.8 Å². The standard InChI is InChI=1S/C14H15N3OS/c1-8-12(9(2)18)13(10-4-3-5-16-7-10)11(6-15)14(19)17-8/h3-5,7,11-14,19H,1-2H3/t11-,12?,13-,14+/m1/s1. The van der Waals surface area contributed by atoms with Crippen molar-refractivity contribution in [1.29, 1.82) is 5.26 Å². The molecule has 0 aromatic carbocycles. The summed E-state index contributed by atoms with van der Waals surface area (Å²) >= 11 is 4.37. The van der Waals surface area contributed by atoms with E-state index in [1.54, 1.807) is 19.3 Å². The summed E-state index contributed by atoms with van der Waals surface area (Å²) in [6.45, 7) is 3.37. The Labute approximate surface area is 118 Å². The molecule has 0 N–H and O–H groups in total. The van der Waals surface area contributed by atoms with Crippen LogP contribution in [0, 0.1) is 23.2 Å². The number of thiol groups is 1. The Kier molecular flexibility index (Phi) is 4.01. The predicted molar refractivity (Wildman–Crippen MR) is 76.1 cm³/mol. The van der Waals surface area contributed by atoms with E-state index in [0.717, 1.165) is 11.3 Å². The molecule has 0 amide bonds. The average Bonchev–Trinajstić information content (AvgIpc) is 2.38. The van der Waals surface area contributed by atoms with Gasteiger partial charge in [0.15, 0.2) is 0 Å². The van der Waals surface area contributed by atoms with E-state index in [-0.39, 0.29) is 17.6 Å². The van der Waals surface area contributed by atoms with Gasteiger partial charge < -0.3 is 0 Å². The number of aromatic nitrogens is 1. The molecular weight excluding hydrogens is 258 g/mol. The van der Waals surface area contributed by atoms with Gasteiger partial charge in [-0.05, 0) is 25.5 Å². The number of nitrogens with zero attached hydrogens (tertiary/aromatic N) is 3. The van der Waals surface area contributed by atoms with Crippen molar-refractivity contribution in [3.05, 3.63) is 30.1 Å². The molecule has 0 saturated carbocycles. The summed E-state index contributed by atoms with van der Waals surface area (Å²) in [7, 11) is 0. The maximum absolute atomic E-state index is 11.9. The molecular formula is C14H15N3OS. The topological polar surface area (TPSA) is 66.1 Å². The first-order chi connectivity index (χ1) is 9.06. The first-order valence-electron chi connectivity index (χ1n) is 6.08. The van der Waals surface area contributed by atoms with E-state index in [0.29, 0.717) is 0 Å². The number of hydrogen-bond donors (Lipinski definition) is 1. The van der Waals surface area contributed by atoms with Crippen LogP contribution in [0.4, 0.5) is 0 Å². The summed E-state index contributed by atoms with van der Waals surface area (Å²) in [5.74, 6) is -0.992. The molecule has 1 aliphatic heterocycles. The summed E-state index contributed by atoms with van der Waals surface area (Å²) in [6.07, 6.45) is 3.39. The Morgan fingerprint density at radius 3 is 2.79 bits per heavy atom. The van der Waals surface area contributed by atoms with Crippen molar-refractivity contribution in [2.75, 3.05) is 0 Å². The zero-order chi connectivity index (χ0) is 14.0. The van der Waals surface area contributed by atoms with Crippen LogP contribution in [0.3, 0.4) is 0 Å². The van der Waals surface area contributed by atoms with Gasteiger partial charge in [-0.15, -0.1) is 0 Å². The number of nitriles is 1.